The van der Waals surface area contributed by atoms with Gasteiger partial charge in [0.2, 0.25) is 6.33 Å². The largest absolute Gasteiger partial charge is 0.250 e. The number of H-pyrrole nitrogens is 1. The number of hydrogen-bond donors (Lipinski definition) is 1. The van der Waals surface area contributed by atoms with E-state index in [9.17, 15) is 0 Å². The van der Waals surface area contributed by atoms with E-state index < -0.39 is 0 Å². The molecule has 0 aliphatic carbocycles. The molecule has 1 aromatic heterocycles. The van der Waals surface area contributed by atoms with Crippen LogP contribution in [0.1, 0.15) is 224 Å². The molecule has 47 heavy (non-hydrogen) atoms. The molecule has 1 heterocycles. The zero-order chi connectivity index (χ0) is 33.3. The molecule has 2 heteroatoms. The molecule has 0 bridgehead atoms. The van der Waals surface area contributed by atoms with Crippen LogP contribution in [-0.4, -0.2) is 4.98 Å². The topological polar surface area (TPSA) is 19.7 Å². The van der Waals surface area contributed by atoms with Gasteiger partial charge in [0.15, 0.2) is 0 Å². The van der Waals surface area contributed by atoms with Crippen LogP contribution in [0.4, 0.5) is 0 Å². The van der Waals surface area contributed by atoms with Crippen LogP contribution in [-0.2, 0) is 6.42 Å². The number of hydrogen-bond acceptors (Lipinski definition) is 0. The molecule has 1 N–H and O–H groups in total. The second-order valence-electron chi connectivity index (χ2n) is 15.2. The summed E-state index contributed by atoms with van der Waals surface area (Å²) in [7, 11) is 0. The van der Waals surface area contributed by atoms with E-state index in [0.29, 0.717) is 12.0 Å². The van der Waals surface area contributed by atoms with Crippen molar-refractivity contribution in [2.24, 2.45) is 5.92 Å². The molecule has 2 aromatic rings. The number of unbranched alkanes of at least 4 members (excludes halogenated alkanes) is 27. The molecule has 0 fully saturated rings. The zero-order valence-electron chi connectivity index (χ0n) is 31.8. The minimum atomic E-state index is 0.602. The Balaban J connectivity index is 1.64. The van der Waals surface area contributed by atoms with E-state index in [0.717, 1.165) is 0 Å². The Morgan fingerprint density at radius 2 is 0.851 bits per heavy atom. The molecule has 0 radical (unpaired) electrons. The van der Waals surface area contributed by atoms with Crippen LogP contribution in [0.2, 0.25) is 0 Å². The molecule has 0 aliphatic rings. The molecule has 0 spiro atoms. The number of aromatic nitrogens is 2. The smallest absolute Gasteiger partial charge is 0.241 e. The Labute approximate surface area is 294 Å². The molecule has 0 saturated heterocycles. The Morgan fingerprint density at radius 3 is 1.23 bits per heavy atom. The van der Waals surface area contributed by atoms with Gasteiger partial charge in [-0.25, -0.2) is 4.57 Å². The van der Waals surface area contributed by atoms with E-state index >= 15 is 0 Å². The van der Waals surface area contributed by atoms with Crippen molar-refractivity contribution in [3.05, 3.63) is 54.6 Å². The highest BCUT2D eigenvalue weighted by Gasteiger charge is 2.26. The molecular weight excluding hydrogens is 569 g/mol. The fourth-order valence-corrected chi connectivity index (χ4v) is 7.81. The van der Waals surface area contributed by atoms with Gasteiger partial charge >= 0.3 is 0 Å². The van der Waals surface area contributed by atoms with Gasteiger partial charge in [0.05, 0.1) is 0 Å². The zero-order valence-corrected chi connectivity index (χ0v) is 31.8. The number of nitrogens with one attached hydrogen (secondary N) is 1. The first kappa shape index (κ1) is 41.6. The second-order valence-corrected chi connectivity index (χ2v) is 15.2. The predicted octanol–water partition coefficient (Wildman–Crippen LogP) is 14.8. The van der Waals surface area contributed by atoms with Crippen molar-refractivity contribution in [2.75, 3.05) is 0 Å². The molecule has 0 amide bonds. The van der Waals surface area contributed by atoms with Gasteiger partial charge in [-0.15, -0.1) is 0 Å². The number of rotatable bonds is 35. The summed E-state index contributed by atoms with van der Waals surface area (Å²) in [6, 6.07) is 11.9. The third-order valence-corrected chi connectivity index (χ3v) is 10.9. The maximum atomic E-state index is 3.37. The molecule has 0 aliphatic heterocycles. The normalized spacial score (nSPS) is 12.9. The third-order valence-electron chi connectivity index (χ3n) is 10.9. The third kappa shape index (κ3) is 23.4. The summed E-state index contributed by atoms with van der Waals surface area (Å²) in [4.78, 5) is 3.37. The van der Waals surface area contributed by atoms with E-state index in [1.807, 2.05) is 0 Å². The molecule has 2 atom stereocenters. The highest BCUT2D eigenvalue weighted by Crippen LogP contribution is 2.29. The first-order valence-corrected chi connectivity index (χ1v) is 21.4. The SMILES string of the molecule is CCCCCCCCCCCCCCCCCC(Cc1ccccc1)C(CCCCCCCCCCCCCCCC)[n+]1cc[nH]c1. The summed E-state index contributed by atoms with van der Waals surface area (Å²) in [5.41, 5.74) is 1.51. The van der Waals surface area contributed by atoms with Crippen molar-refractivity contribution in [3.63, 3.8) is 0 Å². The van der Waals surface area contributed by atoms with Gasteiger partial charge in [-0.05, 0) is 31.2 Å². The van der Waals surface area contributed by atoms with Crippen LogP contribution in [0.3, 0.4) is 0 Å². The number of aromatic amines is 1. The van der Waals surface area contributed by atoms with Crippen LogP contribution in [0.5, 0.6) is 0 Å². The van der Waals surface area contributed by atoms with E-state index in [2.05, 4.69) is 72.5 Å². The van der Waals surface area contributed by atoms with Crippen molar-refractivity contribution < 1.29 is 4.57 Å². The van der Waals surface area contributed by atoms with Gasteiger partial charge < -0.3 is 0 Å². The first-order valence-electron chi connectivity index (χ1n) is 21.4. The lowest BCUT2D eigenvalue weighted by Gasteiger charge is -2.25. The fourth-order valence-electron chi connectivity index (χ4n) is 7.81. The summed E-state index contributed by atoms with van der Waals surface area (Å²) in [6.07, 6.45) is 52.2. The van der Waals surface area contributed by atoms with E-state index in [-0.39, 0.29) is 0 Å². The van der Waals surface area contributed by atoms with Gasteiger partial charge in [-0.1, -0.05) is 224 Å². The summed E-state index contributed by atoms with van der Waals surface area (Å²) >= 11 is 0. The van der Waals surface area contributed by atoms with E-state index in [4.69, 9.17) is 0 Å². The van der Waals surface area contributed by atoms with Crippen LogP contribution < -0.4 is 4.57 Å². The van der Waals surface area contributed by atoms with E-state index in [1.165, 1.54) is 211 Å². The molecule has 2 unspecified atom stereocenters. The lowest BCUT2D eigenvalue weighted by molar-refractivity contribution is -0.730. The predicted molar refractivity (Wildman–Crippen MR) is 208 cm³/mol. The van der Waals surface area contributed by atoms with Crippen LogP contribution >= 0.6 is 0 Å². The van der Waals surface area contributed by atoms with Crippen LogP contribution in [0.15, 0.2) is 49.1 Å². The number of benzene rings is 1. The Bertz CT molecular complexity index is 859. The number of imidazole rings is 1. The summed E-state index contributed by atoms with van der Waals surface area (Å²) in [6.45, 7) is 4.62. The molecule has 2 rings (SSSR count). The quantitative estimate of drug-likeness (QED) is 0.0566. The van der Waals surface area contributed by atoms with Gasteiger partial charge in [0.1, 0.15) is 18.4 Å². The first-order chi connectivity index (χ1) is 23.3. The van der Waals surface area contributed by atoms with Crippen molar-refractivity contribution in [1.29, 1.82) is 0 Å². The van der Waals surface area contributed by atoms with Crippen molar-refractivity contribution in [1.82, 2.24) is 4.98 Å². The Hall–Kier alpha value is -1.57. The molecule has 2 nitrogen and oxygen atoms in total. The molecular formula is C45H81N2+. The van der Waals surface area contributed by atoms with E-state index in [1.54, 1.807) is 0 Å². The van der Waals surface area contributed by atoms with Crippen LogP contribution in [0, 0.1) is 5.92 Å². The summed E-state index contributed by atoms with van der Waals surface area (Å²) in [5, 5.41) is 0. The highest BCUT2D eigenvalue weighted by molar-refractivity contribution is 5.15. The highest BCUT2D eigenvalue weighted by atomic mass is 15.1. The standard InChI is InChI=1S/C45H80N2/c1-3-5-7-9-11-13-15-17-19-20-22-24-26-28-33-37-44(41-43-35-31-30-32-36-43)45(47-40-39-46-42-47)38-34-29-27-25-23-21-18-16-14-12-10-8-6-4-2/h30-32,35-36,39-40,42,44-45H,3-29,33-34,37-38,41H2,1-2H3/p+1. The minimum Gasteiger partial charge on any atom is -0.250 e. The summed E-state index contributed by atoms with van der Waals surface area (Å²) in [5.74, 6) is 0.710. The van der Waals surface area contributed by atoms with Crippen molar-refractivity contribution >= 4 is 0 Å². The Morgan fingerprint density at radius 1 is 0.468 bits per heavy atom. The van der Waals surface area contributed by atoms with Crippen molar-refractivity contribution in [3.8, 4) is 0 Å². The van der Waals surface area contributed by atoms with Gasteiger partial charge in [-0.2, -0.15) is 0 Å². The maximum Gasteiger partial charge on any atom is 0.241 e. The maximum absolute atomic E-state index is 3.37. The second kappa shape index (κ2) is 31.7. The fraction of sp³-hybridized carbons (Fsp3) is 0.800. The van der Waals surface area contributed by atoms with Crippen molar-refractivity contribution in [2.45, 2.75) is 225 Å². The van der Waals surface area contributed by atoms with Crippen LogP contribution in [0.25, 0.3) is 0 Å². The summed E-state index contributed by atoms with van der Waals surface area (Å²) < 4.78 is 2.51. The number of nitrogens with zero attached hydrogens (tertiary/aromatic N) is 1. The Kier molecular flexibility index (Phi) is 28.0. The van der Waals surface area contributed by atoms with Gasteiger partial charge in [-0.3, -0.25) is 4.98 Å². The monoisotopic (exact) mass is 650 g/mol. The van der Waals surface area contributed by atoms with Gasteiger partial charge in [0.25, 0.3) is 0 Å². The van der Waals surface area contributed by atoms with Gasteiger partial charge in [0, 0.05) is 5.92 Å². The lowest BCUT2D eigenvalue weighted by atomic mass is 9.84. The lowest BCUT2D eigenvalue weighted by Crippen LogP contribution is -2.42. The molecule has 270 valence electrons. The minimum absolute atomic E-state index is 0.602. The molecule has 1 aromatic carbocycles. The average molecular weight is 650 g/mol. The average Bonchev–Trinajstić information content (AvgIpc) is 3.63. The molecule has 0 saturated carbocycles.